The van der Waals surface area contributed by atoms with E-state index in [9.17, 15) is 0 Å². The van der Waals surface area contributed by atoms with Crippen LogP contribution >= 0.6 is 27.9 Å². The molecule has 74 valence electrons. The van der Waals surface area contributed by atoms with Crippen LogP contribution < -0.4 is 0 Å². The van der Waals surface area contributed by atoms with Crippen LogP contribution in [0, 0.1) is 6.42 Å². The molecule has 0 aromatic rings. The number of allylic oxidation sites excluding steroid dienone is 4. The van der Waals surface area contributed by atoms with Crippen molar-refractivity contribution in [2.75, 3.05) is 0 Å². The van der Waals surface area contributed by atoms with E-state index in [1.165, 1.54) is 0 Å². The average Bonchev–Trinajstić information content (AvgIpc) is 2.31. The number of halogens is 3. The molecule has 1 rings (SSSR count). The Balaban J connectivity index is 0.000000310. The van der Waals surface area contributed by atoms with Gasteiger partial charge in [-0.15, -0.1) is 0 Å². The van der Waals surface area contributed by atoms with Crippen molar-refractivity contribution in [2.45, 2.75) is 19.6 Å². The zero-order valence-electron chi connectivity index (χ0n) is 7.94. The molecule has 0 amide bonds. The van der Waals surface area contributed by atoms with E-state index in [0.717, 1.165) is 0 Å². The molecule has 1 radical (unpaired) electrons. The van der Waals surface area contributed by atoms with Gasteiger partial charge >= 0.3 is 42.6 Å². The molecule has 0 atom stereocenters. The standard InChI is InChI=1S/C8H13Si.3ClH.Ti/c1-9(2,3)8-6-4-5-7-8;;;;/h4-7H,1-3H3;3*1H;/q;;;;+3/p-3. The van der Waals surface area contributed by atoms with Crippen LogP contribution in [0.5, 0.6) is 0 Å². The molecule has 0 nitrogen and oxygen atoms in total. The Morgan fingerprint density at radius 3 is 1.69 bits per heavy atom. The Hall–Kier alpha value is 1.28. The van der Waals surface area contributed by atoms with Gasteiger partial charge in [-0.3, -0.25) is 0 Å². The number of hydrogen-bond acceptors (Lipinski definition) is 0. The fraction of sp³-hybridized carbons (Fsp3) is 0.375. The van der Waals surface area contributed by atoms with Gasteiger partial charge in [0, 0.05) is 6.42 Å². The summed E-state index contributed by atoms with van der Waals surface area (Å²) >= 11 is -1.92. The van der Waals surface area contributed by atoms with Crippen molar-refractivity contribution < 1.29 is 14.7 Å². The van der Waals surface area contributed by atoms with Crippen molar-refractivity contribution in [3.05, 3.63) is 29.8 Å². The maximum absolute atomic E-state index is 4.97. The summed E-state index contributed by atoms with van der Waals surface area (Å²) in [6.45, 7) is 7.09. The summed E-state index contributed by atoms with van der Waals surface area (Å²) in [4.78, 5) is 0. The minimum absolute atomic E-state index is 0.981. The van der Waals surface area contributed by atoms with Gasteiger partial charge in [0.2, 0.25) is 0 Å². The van der Waals surface area contributed by atoms with E-state index in [1.54, 1.807) is 5.20 Å². The van der Waals surface area contributed by atoms with Gasteiger partial charge in [-0.2, -0.15) is 0 Å². The van der Waals surface area contributed by atoms with Crippen LogP contribution in [-0.4, -0.2) is 8.07 Å². The van der Waals surface area contributed by atoms with E-state index >= 15 is 0 Å². The summed E-state index contributed by atoms with van der Waals surface area (Å²) in [6.07, 6.45) is 8.69. The molecule has 0 unspecified atom stereocenters. The summed E-state index contributed by atoms with van der Waals surface area (Å²) < 4.78 is 0. The zero-order valence-corrected chi connectivity index (χ0v) is 12.8. The predicted molar refractivity (Wildman–Crippen MR) is 62.4 cm³/mol. The van der Waals surface area contributed by atoms with Crippen molar-refractivity contribution in [1.82, 2.24) is 0 Å². The van der Waals surface area contributed by atoms with Crippen molar-refractivity contribution in [2.24, 2.45) is 0 Å². The van der Waals surface area contributed by atoms with Gasteiger partial charge in [0.1, 0.15) is 0 Å². The first-order valence-electron chi connectivity index (χ1n) is 3.89. The summed E-state index contributed by atoms with van der Waals surface area (Å²) in [5.74, 6) is 0. The first-order valence-corrected chi connectivity index (χ1v) is 13.8. The maximum atomic E-state index is 4.97. The fourth-order valence-corrected chi connectivity index (χ4v) is 2.07. The van der Waals surface area contributed by atoms with Crippen molar-refractivity contribution >= 4 is 36.0 Å². The third kappa shape index (κ3) is 8.29. The molecule has 1 aliphatic carbocycles. The summed E-state index contributed by atoms with van der Waals surface area (Å²) in [6, 6.07) is 0. The SMILES string of the molecule is C[Si](C)(C)C1=CC=C[CH]1.[Cl][Ti]([Cl])[Cl]. The van der Waals surface area contributed by atoms with Crippen LogP contribution in [0.4, 0.5) is 0 Å². The van der Waals surface area contributed by atoms with Gasteiger partial charge in [0.25, 0.3) is 0 Å². The molecule has 0 bridgehead atoms. The van der Waals surface area contributed by atoms with E-state index in [2.05, 4.69) is 44.3 Å². The van der Waals surface area contributed by atoms with Crippen molar-refractivity contribution in [1.29, 1.82) is 0 Å². The summed E-state index contributed by atoms with van der Waals surface area (Å²) in [5, 5.41) is 1.56. The monoisotopic (exact) mass is 290 g/mol. The molecule has 5 heteroatoms. The van der Waals surface area contributed by atoms with Crippen LogP contribution in [0.25, 0.3) is 0 Å². The average molecular weight is 292 g/mol. The van der Waals surface area contributed by atoms with Gasteiger partial charge in [0.15, 0.2) is 0 Å². The quantitative estimate of drug-likeness (QED) is 0.618. The molecule has 0 saturated carbocycles. The normalized spacial score (nSPS) is 14.8. The second-order valence-corrected chi connectivity index (χ2v) is 16.5. The summed E-state index contributed by atoms with van der Waals surface area (Å²) in [7, 11) is 13.9. The van der Waals surface area contributed by atoms with E-state index in [0.29, 0.717) is 0 Å². The molecule has 1 aliphatic rings. The van der Waals surface area contributed by atoms with E-state index in [-0.39, 0.29) is 0 Å². The van der Waals surface area contributed by atoms with Crippen LogP contribution in [0.1, 0.15) is 0 Å². The number of hydrogen-bond donors (Lipinski definition) is 0. The molecule has 0 aliphatic heterocycles. The molecule has 0 spiro atoms. The second-order valence-electron chi connectivity index (χ2n) is 3.64. The zero-order chi connectivity index (χ0) is 10.5. The molecular weight excluding hydrogens is 278 g/mol. The van der Waals surface area contributed by atoms with E-state index < -0.39 is 22.8 Å². The fourth-order valence-electron chi connectivity index (χ4n) is 0.874. The topological polar surface area (TPSA) is 0 Å². The van der Waals surface area contributed by atoms with E-state index in [4.69, 9.17) is 27.9 Å². The molecule has 0 saturated heterocycles. The molecule has 0 aromatic carbocycles. The Morgan fingerprint density at radius 1 is 1.08 bits per heavy atom. The van der Waals surface area contributed by atoms with Crippen LogP contribution in [0.15, 0.2) is 23.4 Å². The first-order chi connectivity index (χ1) is 5.84. The van der Waals surface area contributed by atoms with Gasteiger partial charge in [-0.1, -0.05) is 43.1 Å². The Bertz CT molecular complexity index is 203. The van der Waals surface area contributed by atoms with Crippen molar-refractivity contribution in [3.8, 4) is 0 Å². The van der Waals surface area contributed by atoms with Crippen molar-refractivity contribution in [3.63, 3.8) is 0 Å². The van der Waals surface area contributed by atoms with Gasteiger partial charge in [-0.25, -0.2) is 0 Å². The predicted octanol–water partition coefficient (Wildman–Crippen LogP) is 4.63. The number of rotatable bonds is 1. The second kappa shape index (κ2) is 6.71. The molecule has 0 aromatic heterocycles. The van der Waals surface area contributed by atoms with Gasteiger partial charge in [-0.05, 0) is 0 Å². The summed E-state index contributed by atoms with van der Waals surface area (Å²) in [5.41, 5.74) is 0. The third-order valence-corrected chi connectivity index (χ3v) is 3.59. The third-order valence-electron chi connectivity index (χ3n) is 1.53. The van der Waals surface area contributed by atoms with Gasteiger partial charge < -0.3 is 0 Å². The minimum atomic E-state index is -1.92. The van der Waals surface area contributed by atoms with Gasteiger partial charge in [0.05, 0.1) is 8.07 Å². The first kappa shape index (κ1) is 14.3. The molecular formula is C8H13Cl3SiTi. The molecule has 0 heterocycles. The van der Waals surface area contributed by atoms with E-state index in [1.807, 2.05) is 0 Å². The molecule has 13 heavy (non-hydrogen) atoms. The Morgan fingerprint density at radius 2 is 1.54 bits per heavy atom. The van der Waals surface area contributed by atoms with Crippen LogP contribution in [-0.2, 0) is 14.7 Å². The molecule has 0 N–H and O–H groups in total. The van der Waals surface area contributed by atoms with Crippen LogP contribution in [0.2, 0.25) is 19.6 Å². The Kier molecular flexibility index (Phi) is 7.37. The molecule has 0 fully saturated rings. The van der Waals surface area contributed by atoms with Crippen LogP contribution in [0.3, 0.4) is 0 Å². The Labute approximate surface area is 99.4 Å².